The topological polar surface area (TPSA) is 51.8 Å². The van der Waals surface area contributed by atoms with E-state index in [1.807, 2.05) is 12.3 Å². The number of fused-ring (bicyclic) bond motifs is 6. The van der Waals surface area contributed by atoms with Gasteiger partial charge in [0.15, 0.2) is 0 Å². The van der Waals surface area contributed by atoms with E-state index in [0.717, 1.165) is 16.6 Å². The molecule has 2 bridgehead atoms. The van der Waals surface area contributed by atoms with E-state index in [9.17, 15) is 0 Å². The number of nitrogens with zero attached hydrogens (tertiary/aromatic N) is 2. The lowest BCUT2D eigenvalue weighted by Crippen LogP contribution is -2.06. The molecule has 2 aromatic rings. The van der Waals surface area contributed by atoms with Gasteiger partial charge in [-0.1, -0.05) is 0 Å². The normalized spacial score (nSPS) is 26.2. The van der Waals surface area contributed by atoms with Crippen molar-refractivity contribution < 1.29 is 0 Å². The molecule has 0 amide bonds. The van der Waals surface area contributed by atoms with Crippen molar-refractivity contribution >= 4 is 16.6 Å². The van der Waals surface area contributed by atoms with Gasteiger partial charge in [0.1, 0.15) is 0 Å². The Hall–Kier alpha value is -1.64. The van der Waals surface area contributed by atoms with E-state index < -0.39 is 0 Å². The zero-order valence-corrected chi connectivity index (χ0v) is 8.98. The molecule has 80 valence electrons. The zero-order valence-electron chi connectivity index (χ0n) is 8.98. The number of anilines is 1. The summed E-state index contributed by atoms with van der Waals surface area (Å²) in [5.74, 6) is 1.33. The number of rotatable bonds is 0. The fourth-order valence-corrected chi connectivity index (χ4v) is 3.41. The van der Waals surface area contributed by atoms with Crippen LogP contribution in [-0.2, 0) is 0 Å². The molecule has 2 aliphatic carbocycles. The minimum Gasteiger partial charge on any atom is -0.398 e. The smallest absolute Gasteiger partial charge is 0.0909 e. The Labute approximate surface area is 93.7 Å². The predicted molar refractivity (Wildman–Crippen MR) is 63.3 cm³/mol. The Morgan fingerprint density at radius 2 is 2.12 bits per heavy atom. The average molecular weight is 211 g/mol. The second-order valence-electron chi connectivity index (χ2n) is 4.92. The maximum atomic E-state index is 6.29. The van der Waals surface area contributed by atoms with Gasteiger partial charge in [0.25, 0.3) is 0 Å². The highest BCUT2D eigenvalue weighted by Crippen LogP contribution is 2.54. The third kappa shape index (κ3) is 0.889. The molecule has 2 heterocycles. The lowest BCUT2D eigenvalue weighted by molar-refractivity contribution is 0.702. The second-order valence-corrected chi connectivity index (χ2v) is 4.92. The number of aromatic nitrogens is 2. The molecule has 2 aromatic heterocycles. The molecule has 0 saturated heterocycles. The van der Waals surface area contributed by atoms with E-state index in [1.54, 1.807) is 6.20 Å². The quantitative estimate of drug-likeness (QED) is 0.728. The highest BCUT2D eigenvalue weighted by atomic mass is 14.8. The lowest BCUT2D eigenvalue weighted by atomic mass is 9.93. The molecule has 2 unspecified atom stereocenters. The van der Waals surface area contributed by atoms with Gasteiger partial charge in [-0.15, -0.1) is 0 Å². The first-order valence-corrected chi connectivity index (χ1v) is 5.87. The van der Waals surface area contributed by atoms with Gasteiger partial charge in [-0.25, -0.2) is 0 Å². The van der Waals surface area contributed by atoms with Gasteiger partial charge in [-0.2, -0.15) is 0 Å². The highest BCUT2D eigenvalue weighted by molar-refractivity contribution is 5.92. The first-order chi connectivity index (χ1) is 7.84. The minimum absolute atomic E-state index is 0.659. The third-order valence-corrected chi connectivity index (χ3v) is 4.12. The summed E-state index contributed by atoms with van der Waals surface area (Å²) in [4.78, 5) is 8.88. The minimum atomic E-state index is 0.659. The summed E-state index contributed by atoms with van der Waals surface area (Å²) in [6.07, 6.45) is 7.45. The van der Waals surface area contributed by atoms with Crippen molar-refractivity contribution in [3.05, 3.63) is 29.7 Å². The zero-order chi connectivity index (χ0) is 10.7. The van der Waals surface area contributed by atoms with E-state index in [0.29, 0.717) is 11.8 Å². The summed E-state index contributed by atoms with van der Waals surface area (Å²) in [5.41, 5.74) is 10.8. The maximum absolute atomic E-state index is 6.29. The van der Waals surface area contributed by atoms with Crippen LogP contribution in [0.5, 0.6) is 0 Å². The van der Waals surface area contributed by atoms with Gasteiger partial charge in [0.05, 0.1) is 11.7 Å². The van der Waals surface area contributed by atoms with Gasteiger partial charge in [-0.05, 0) is 31.2 Å². The van der Waals surface area contributed by atoms with E-state index in [1.165, 1.54) is 30.5 Å². The first-order valence-electron chi connectivity index (χ1n) is 5.87. The molecular formula is C13H13N3. The number of pyridine rings is 2. The van der Waals surface area contributed by atoms with Crippen LogP contribution < -0.4 is 5.73 Å². The first kappa shape index (κ1) is 8.50. The second kappa shape index (κ2) is 2.73. The maximum Gasteiger partial charge on any atom is 0.0909 e. The summed E-state index contributed by atoms with van der Waals surface area (Å²) in [5, 5.41) is 1.07. The van der Waals surface area contributed by atoms with Gasteiger partial charge in [0.2, 0.25) is 0 Å². The van der Waals surface area contributed by atoms with Crippen LogP contribution in [0.1, 0.15) is 42.4 Å². The summed E-state index contributed by atoms with van der Waals surface area (Å²) in [6.45, 7) is 0. The molecule has 2 aliphatic rings. The lowest BCUT2D eigenvalue weighted by Gasteiger charge is -2.17. The van der Waals surface area contributed by atoms with Crippen LogP contribution in [0.25, 0.3) is 10.9 Å². The molecule has 16 heavy (non-hydrogen) atoms. The molecule has 2 N–H and O–H groups in total. The molecule has 4 rings (SSSR count). The number of nitrogens with two attached hydrogens (primary N) is 1. The largest absolute Gasteiger partial charge is 0.398 e. The molecule has 3 heteroatoms. The summed E-state index contributed by atoms with van der Waals surface area (Å²) in [6, 6.07) is 1.98. The molecule has 0 aliphatic heterocycles. The van der Waals surface area contributed by atoms with Crippen molar-refractivity contribution in [2.45, 2.75) is 31.1 Å². The Balaban J connectivity index is 2.13. The Bertz CT molecular complexity index is 591. The van der Waals surface area contributed by atoms with E-state index in [4.69, 9.17) is 10.7 Å². The van der Waals surface area contributed by atoms with Crippen LogP contribution in [-0.4, -0.2) is 9.97 Å². The molecule has 0 spiro atoms. The number of hydrogen-bond donors (Lipinski definition) is 1. The van der Waals surface area contributed by atoms with Crippen LogP contribution in [0.3, 0.4) is 0 Å². The molecule has 0 aromatic carbocycles. The molecule has 2 atom stereocenters. The average Bonchev–Trinajstić information content (AvgIpc) is 2.90. The molecule has 0 radical (unpaired) electrons. The van der Waals surface area contributed by atoms with Gasteiger partial charge < -0.3 is 5.73 Å². The van der Waals surface area contributed by atoms with Crippen LogP contribution in [0, 0.1) is 0 Å². The van der Waals surface area contributed by atoms with Crippen LogP contribution in [0.15, 0.2) is 18.5 Å². The van der Waals surface area contributed by atoms with Crippen molar-refractivity contribution in [3.8, 4) is 0 Å². The van der Waals surface area contributed by atoms with E-state index in [-0.39, 0.29) is 0 Å². The van der Waals surface area contributed by atoms with Gasteiger partial charge >= 0.3 is 0 Å². The molecule has 1 saturated carbocycles. The van der Waals surface area contributed by atoms with E-state index >= 15 is 0 Å². The Morgan fingerprint density at radius 1 is 1.25 bits per heavy atom. The SMILES string of the molecule is Nc1c2c(nc3cnccc13)C1CCC2C1. The highest BCUT2D eigenvalue weighted by Gasteiger charge is 2.39. The van der Waals surface area contributed by atoms with Gasteiger partial charge in [-0.3, -0.25) is 9.97 Å². The number of nitrogen functional groups attached to an aromatic ring is 1. The monoisotopic (exact) mass is 211 g/mol. The molecular weight excluding hydrogens is 198 g/mol. The summed E-state index contributed by atoms with van der Waals surface area (Å²) in [7, 11) is 0. The third-order valence-electron chi connectivity index (χ3n) is 4.12. The molecule has 3 nitrogen and oxygen atoms in total. The summed E-state index contributed by atoms with van der Waals surface area (Å²) < 4.78 is 0. The standard InChI is InChI=1S/C13H13N3/c14-12-9-3-4-15-6-10(9)16-13-8-2-1-7(5-8)11(12)13/h3-4,6-8H,1-2,5H2,(H2,14,16). The fourth-order valence-electron chi connectivity index (χ4n) is 3.41. The van der Waals surface area contributed by atoms with Crippen molar-refractivity contribution in [1.29, 1.82) is 0 Å². The van der Waals surface area contributed by atoms with Crippen LogP contribution in [0.4, 0.5) is 5.69 Å². The fraction of sp³-hybridized carbons (Fsp3) is 0.385. The molecule has 1 fully saturated rings. The van der Waals surface area contributed by atoms with E-state index in [2.05, 4.69) is 4.98 Å². The Morgan fingerprint density at radius 3 is 3.06 bits per heavy atom. The van der Waals surface area contributed by atoms with Crippen molar-refractivity contribution in [1.82, 2.24) is 9.97 Å². The Kier molecular flexibility index (Phi) is 1.45. The predicted octanol–water partition coefficient (Wildman–Crippen LogP) is 2.58. The van der Waals surface area contributed by atoms with Gasteiger partial charge in [0, 0.05) is 34.4 Å². The van der Waals surface area contributed by atoms with Crippen molar-refractivity contribution in [3.63, 3.8) is 0 Å². The van der Waals surface area contributed by atoms with Crippen molar-refractivity contribution in [2.24, 2.45) is 0 Å². The number of hydrogen-bond acceptors (Lipinski definition) is 3. The summed E-state index contributed by atoms with van der Waals surface area (Å²) >= 11 is 0. The van der Waals surface area contributed by atoms with Crippen molar-refractivity contribution in [2.75, 3.05) is 5.73 Å². The van der Waals surface area contributed by atoms with Crippen LogP contribution >= 0.6 is 0 Å². The van der Waals surface area contributed by atoms with Crippen LogP contribution in [0.2, 0.25) is 0 Å².